The van der Waals surface area contributed by atoms with Gasteiger partial charge >= 0.3 is 0 Å². The Bertz CT molecular complexity index is 1310. The van der Waals surface area contributed by atoms with E-state index in [9.17, 15) is 4.39 Å². The number of benzene rings is 1. The highest BCUT2D eigenvalue weighted by Crippen LogP contribution is 2.49. The molecule has 4 heterocycles. The van der Waals surface area contributed by atoms with Gasteiger partial charge in [0.25, 0.3) is 0 Å². The summed E-state index contributed by atoms with van der Waals surface area (Å²) in [7, 11) is 5.79. The summed E-state index contributed by atoms with van der Waals surface area (Å²) in [5.41, 5.74) is 4.20. The number of pyridine rings is 1. The molecule has 8 heteroatoms. The number of anilines is 1. The van der Waals surface area contributed by atoms with Crippen LogP contribution in [0.25, 0.3) is 27.7 Å². The summed E-state index contributed by atoms with van der Waals surface area (Å²) in [6.07, 6.45) is 7.46. The van der Waals surface area contributed by atoms with Crippen LogP contribution in [0, 0.1) is 17.7 Å². The summed E-state index contributed by atoms with van der Waals surface area (Å²) in [5, 5.41) is 5.36. The summed E-state index contributed by atoms with van der Waals surface area (Å²) in [6, 6.07) is 5.70. The second-order valence-electron chi connectivity index (χ2n) is 8.69. The van der Waals surface area contributed by atoms with Crippen molar-refractivity contribution in [3.05, 3.63) is 48.8 Å². The molecule has 1 saturated carbocycles. The Balaban J connectivity index is 1.37. The lowest BCUT2D eigenvalue weighted by atomic mass is 10.0. The van der Waals surface area contributed by atoms with E-state index in [2.05, 4.69) is 34.0 Å². The first-order chi connectivity index (χ1) is 15.0. The quantitative estimate of drug-likeness (QED) is 0.508. The first-order valence-electron chi connectivity index (χ1n) is 10.4. The minimum absolute atomic E-state index is 0.192. The molecule has 0 radical (unpaired) electrons. The SMILES string of the molecule is COc1cc2c(-c3cnn4cc(N5CC6C(C5)C6N(C)C)cnc34)ccnc2cc1F. The van der Waals surface area contributed by atoms with Gasteiger partial charge in [-0.25, -0.2) is 13.9 Å². The van der Waals surface area contributed by atoms with Crippen LogP contribution in [-0.4, -0.2) is 64.8 Å². The fourth-order valence-electron chi connectivity index (χ4n) is 5.23. The number of hydrogen-bond donors (Lipinski definition) is 0. The van der Waals surface area contributed by atoms with E-state index in [0.29, 0.717) is 11.6 Å². The molecule has 1 aliphatic carbocycles. The van der Waals surface area contributed by atoms with Gasteiger partial charge in [0.2, 0.25) is 0 Å². The van der Waals surface area contributed by atoms with Gasteiger partial charge < -0.3 is 14.5 Å². The molecule has 2 unspecified atom stereocenters. The summed E-state index contributed by atoms with van der Waals surface area (Å²) in [5.74, 6) is 1.26. The number of halogens is 1. The third-order valence-corrected chi connectivity index (χ3v) is 6.76. The van der Waals surface area contributed by atoms with Gasteiger partial charge in [-0.1, -0.05) is 0 Å². The van der Waals surface area contributed by atoms with Crippen LogP contribution in [0.5, 0.6) is 5.75 Å². The van der Waals surface area contributed by atoms with Crippen molar-refractivity contribution in [2.45, 2.75) is 6.04 Å². The first-order valence-corrected chi connectivity index (χ1v) is 10.4. The topological polar surface area (TPSA) is 58.8 Å². The zero-order valence-corrected chi connectivity index (χ0v) is 17.7. The standard InChI is InChI=1S/C23H23FN6O/c1-28(2)22-17-11-29(12-18(17)22)13-8-26-23-16(9-27-30(23)10-13)14-4-5-25-20-7-19(24)21(31-3)6-15(14)20/h4-10,17-18,22H,11-12H2,1-3H3. The molecule has 4 aromatic rings. The van der Waals surface area contributed by atoms with Gasteiger partial charge in [-0.2, -0.15) is 5.10 Å². The van der Waals surface area contributed by atoms with E-state index in [1.807, 2.05) is 23.0 Å². The highest BCUT2D eigenvalue weighted by atomic mass is 19.1. The van der Waals surface area contributed by atoms with E-state index < -0.39 is 5.82 Å². The largest absolute Gasteiger partial charge is 0.494 e. The van der Waals surface area contributed by atoms with Gasteiger partial charge in [-0.3, -0.25) is 4.98 Å². The second kappa shape index (κ2) is 6.62. The highest BCUT2D eigenvalue weighted by molar-refractivity contribution is 5.98. The van der Waals surface area contributed by atoms with Crippen molar-refractivity contribution in [3.63, 3.8) is 0 Å². The molecule has 2 aliphatic rings. The van der Waals surface area contributed by atoms with Gasteiger partial charge in [0.1, 0.15) is 0 Å². The molecule has 1 aliphatic heterocycles. The summed E-state index contributed by atoms with van der Waals surface area (Å²) in [6.45, 7) is 2.13. The molecular formula is C23H23FN6O. The van der Waals surface area contributed by atoms with Crippen molar-refractivity contribution in [2.24, 2.45) is 11.8 Å². The van der Waals surface area contributed by atoms with Crippen LogP contribution in [0.1, 0.15) is 0 Å². The van der Waals surface area contributed by atoms with Crippen LogP contribution in [0.4, 0.5) is 10.1 Å². The fraction of sp³-hybridized carbons (Fsp3) is 0.348. The molecule has 2 fully saturated rings. The van der Waals surface area contributed by atoms with Gasteiger partial charge in [0.15, 0.2) is 17.2 Å². The molecule has 1 saturated heterocycles. The third-order valence-electron chi connectivity index (χ3n) is 6.76. The zero-order chi connectivity index (χ0) is 21.3. The van der Waals surface area contributed by atoms with E-state index >= 15 is 0 Å². The Morgan fingerprint density at radius 3 is 2.65 bits per heavy atom. The minimum atomic E-state index is -0.428. The fourth-order valence-corrected chi connectivity index (χ4v) is 5.23. The van der Waals surface area contributed by atoms with Crippen LogP contribution < -0.4 is 9.64 Å². The Hall–Kier alpha value is -3.26. The Morgan fingerprint density at radius 2 is 1.90 bits per heavy atom. The number of fused-ring (bicyclic) bond motifs is 3. The highest BCUT2D eigenvalue weighted by Gasteiger charge is 2.56. The minimum Gasteiger partial charge on any atom is -0.494 e. The molecule has 3 aromatic heterocycles. The number of aromatic nitrogens is 4. The average Bonchev–Trinajstić information content (AvgIpc) is 3.10. The van der Waals surface area contributed by atoms with E-state index in [4.69, 9.17) is 9.72 Å². The van der Waals surface area contributed by atoms with Gasteiger partial charge in [-0.15, -0.1) is 0 Å². The predicted octanol–water partition coefficient (Wildman–Crippen LogP) is 3.09. The molecular weight excluding hydrogens is 395 g/mol. The van der Waals surface area contributed by atoms with E-state index in [1.54, 1.807) is 18.5 Å². The second-order valence-corrected chi connectivity index (χ2v) is 8.69. The van der Waals surface area contributed by atoms with E-state index in [-0.39, 0.29) is 5.75 Å². The van der Waals surface area contributed by atoms with Crippen LogP contribution >= 0.6 is 0 Å². The first kappa shape index (κ1) is 18.5. The number of piperidine rings is 1. The van der Waals surface area contributed by atoms with Crippen LogP contribution in [0.15, 0.2) is 43.0 Å². The Kier molecular flexibility index (Phi) is 3.95. The van der Waals surface area contributed by atoms with Crippen molar-refractivity contribution in [3.8, 4) is 16.9 Å². The zero-order valence-electron chi connectivity index (χ0n) is 17.7. The van der Waals surface area contributed by atoms with Gasteiger partial charge in [-0.05, 0) is 43.6 Å². The van der Waals surface area contributed by atoms with Crippen molar-refractivity contribution in [1.29, 1.82) is 0 Å². The molecule has 0 spiro atoms. The summed E-state index contributed by atoms with van der Waals surface area (Å²) >= 11 is 0. The smallest absolute Gasteiger partial charge is 0.167 e. The van der Waals surface area contributed by atoms with Crippen molar-refractivity contribution in [1.82, 2.24) is 24.5 Å². The molecule has 1 aromatic carbocycles. The molecule has 0 bridgehead atoms. The van der Waals surface area contributed by atoms with Crippen molar-refractivity contribution in [2.75, 3.05) is 39.2 Å². The van der Waals surface area contributed by atoms with Crippen LogP contribution in [0.2, 0.25) is 0 Å². The number of ether oxygens (including phenoxy) is 1. The number of methoxy groups -OCH3 is 1. The molecule has 158 valence electrons. The third kappa shape index (κ3) is 2.78. The molecule has 6 rings (SSSR count). The monoisotopic (exact) mass is 418 g/mol. The summed E-state index contributed by atoms with van der Waals surface area (Å²) < 4.78 is 21.1. The maximum absolute atomic E-state index is 14.1. The number of rotatable bonds is 4. The van der Waals surface area contributed by atoms with Gasteiger partial charge in [0.05, 0.1) is 36.9 Å². The van der Waals surface area contributed by atoms with Crippen molar-refractivity contribution < 1.29 is 9.13 Å². The van der Waals surface area contributed by atoms with Crippen LogP contribution in [-0.2, 0) is 0 Å². The maximum Gasteiger partial charge on any atom is 0.167 e. The summed E-state index contributed by atoms with van der Waals surface area (Å²) in [4.78, 5) is 13.8. The van der Waals surface area contributed by atoms with E-state index in [1.165, 1.54) is 13.2 Å². The number of hydrogen-bond acceptors (Lipinski definition) is 6. The predicted molar refractivity (Wildman–Crippen MR) is 117 cm³/mol. The van der Waals surface area contributed by atoms with E-state index in [0.717, 1.165) is 52.8 Å². The van der Waals surface area contributed by atoms with Crippen LogP contribution in [0.3, 0.4) is 0 Å². The Morgan fingerprint density at radius 1 is 1.10 bits per heavy atom. The molecule has 0 amide bonds. The lowest BCUT2D eigenvalue weighted by Gasteiger charge is -2.23. The molecule has 31 heavy (non-hydrogen) atoms. The maximum atomic E-state index is 14.1. The molecule has 0 N–H and O–H groups in total. The van der Waals surface area contributed by atoms with Crippen molar-refractivity contribution >= 4 is 22.2 Å². The molecule has 7 nitrogen and oxygen atoms in total. The lowest BCUT2D eigenvalue weighted by molar-refractivity contribution is 0.357. The lowest BCUT2D eigenvalue weighted by Crippen LogP contribution is -2.30. The molecule has 2 atom stereocenters. The number of nitrogens with zero attached hydrogens (tertiary/aromatic N) is 6. The Labute approximate surface area is 179 Å². The normalized spacial score (nSPS) is 22.5. The average molecular weight is 418 g/mol. The van der Waals surface area contributed by atoms with Gasteiger partial charge in [0, 0.05) is 42.3 Å².